The molecule has 46 heavy (non-hydrogen) atoms. The zero-order chi connectivity index (χ0) is 33.9. The maximum atomic E-state index is 13.3. The summed E-state index contributed by atoms with van der Waals surface area (Å²) in [6.07, 6.45) is 7.56. The number of aliphatic carboxylic acids is 1. The molecule has 1 amide bonds. The molecular weight excluding hydrogens is 652 g/mol. The standard InChI is InChI=1S/C28H37BrN4O3.C6H14N2O2/c1-5-36-30-26(22-6-8-24(29)9-7-22)23-11-15-32(16-12-23)28(4)13-18-31(19-14-28)27(34)25-20(2)10-17-33(35)21(25)3;7-4-2-1-3-5(8)6(9)10/h6-10,17,23H,5,11-16,18-19H2,1-4H3;5H,1-4,7-8H2,(H,9,10)/b30-26-;/t;5-/m.0/s1. The number of piperidine rings is 2. The van der Waals surface area contributed by atoms with Gasteiger partial charge in [-0.25, -0.2) is 0 Å². The summed E-state index contributed by atoms with van der Waals surface area (Å²) < 4.78 is 1.84. The monoisotopic (exact) mass is 702 g/mol. The van der Waals surface area contributed by atoms with Crippen molar-refractivity contribution in [2.75, 3.05) is 39.3 Å². The summed E-state index contributed by atoms with van der Waals surface area (Å²) in [5.74, 6) is -0.596. The highest BCUT2D eigenvalue weighted by molar-refractivity contribution is 9.10. The Morgan fingerprint density at radius 2 is 1.76 bits per heavy atom. The Hall–Kier alpha value is -3.06. The fraction of sp³-hybridized carbons (Fsp3) is 0.588. The highest BCUT2D eigenvalue weighted by atomic mass is 79.9. The molecule has 1 aromatic heterocycles. The van der Waals surface area contributed by atoms with Crippen molar-refractivity contribution >= 4 is 33.5 Å². The Kier molecular flexibility index (Phi) is 14.4. The lowest BCUT2D eigenvalue weighted by Crippen LogP contribution is -2.57. The average Bonchev–Trinajstić information content (AvgIpc) is 3.05. The highest BCUT2D eigenvalue weighted by Crippen LogP contribution is 2.34. The number of nitrogens with zero attached hydrogens (tertiary/aromatic N) is 4. The predicted molar refractivity (Wildman–Crippen MR) is 184 cm³/mol. The van der Waals surface area contributed by atoms with Gasteiger partial charge in [0.25, 0.3) is 5.91 Å². The van der Waals surface area contributed by atoms with Gasteiger partial charge in [0.1, 0.15) is 18.2 Å². The van der Waals surface area contributed by atoms with Gasteiger partial charge in [0.05, 0.1) is 5.71 Å². The third-order valence-electron chi connectivity index (χ3n) is 9.25. The summed E-state index contributed by atoms with van der Waals surface area (Å²) in [7, 11) is 0. The summed E-state index contributed by atoms with van der Waals surface area (Å²) in [6.45, 7) is 12.5. The van der Waals surface area contributed by atoms with E-state index >= 15 is 0 Å². The van der Waals surface area contributed by atoms with E-state index in [1.54, 1.807) is 13.0 Å². The first-order valence-corrected chi connectivity index (χ1v) is 17.1. The molecule has 0 aliphatic carbocycles. The summed E-state index contributed by atoms with van der Waals surface area (Å²) >= 11 is 3.52. The molecule has 0 spiro atoms. The molecule has 1 aromatic carbocycles. The Morgan fingerprint density at radius 3 is 2.33 bits per heavy atom. The molecule has 4 rings (SSSR count). The van der Waals surface area contributed by atoms with Gasteiger partial charge >= 0.3 is 5.97 Å². The first-order valence-electron chi connectivity index (χ1n) is 16.3. The van der Waals surface area contributed by atoms with Gasteiger partial charge in [0, 0.05) is 42.0 Å². The number of rotatable bonds is 11. The van der Waals surface area contributed by atoms with Crippen molar-refractivity contribution in [2.24, 2.45) is 22.5 Å². The number of oxime groups is 1. The Balaban J connectivity index is 0.000000498. The molecule has 3 heterocycles. The van der Waals surface area contributed by atoms with Crippen molar-refractivity contribution in [3.63, 3.8) is 0 Å². The SMILES string of the molecule is CCO/N=C(/c1ccc(Br)cc1)C1CCN(C2(C)CCN(C(=O)c3c(C)cc[n+]([O-])c3C)CC2)CC1.NCCCC[C@H](N)C(=O)O. The number of carboxylic acids is 1. The lowest BCUT2D eigenvalue weighted by Gasteiger charge is -2.49. The molecule has 0 radical (unpaired) electrons. The van der Waals surface area contributed by atoms with Crippen molar-refractivity contribution in [3.05, 3.63) is 68.6 Å². The number of carboxylic acid groups (broad SMARTS) is 1. The van der Waals surface area contributed by atoms with E-state index < -0.39 is 12.0 Å². The number of unbranched alkanes of at least 4 members (excludes halogenated alkanes) is 1. The number of carbonyl (C=O) groups excluding carboxylic acids is 1. The zero-order valence-electron chi connectivity index (χ0n) is 27.7. The number of halogens is 1. The van der Waals surface area contributed by atoms with Crippen molar-refractivity contribution in [2.45, 2.75) is 84.2 Å². The second kappa shape index (κ2) is 17.7. The number of nitrogens with two attached hydrogens (primary N) is 2. The second-order valence-electron chi connectivity index (χ2n) is 12.5. The fourth-order valence-corrected chi connectivity index (χ4v) is 6.47. The van der Waals surface area contributed by atoms with E-state index in [1.807, 2.05) is 18.7 Å². The van der Waals surface area contributed by atoms with E-state index in [0.29, 0.717) is 49.8 Å². The third-order valence-corrected chi connectivity index (χ3v) is 9.78. The average molecular weight is 704 g/mol. The molecule has 2 aromatic rings. The van der Waals surface area contributed by atoms with Crippen LogP contribution in [-0.4, -0.2) is 83.4 Å². The van der Waals surface area contributed by atoms with Crippen LogP contribution in [0.3, 0.4) is 0 Å². The molecule has 1 atom stereocenters. The first-order chi connectivity index (χ1) is 21.9. The van der Waals surface area contributed by atoms with Gasteiger partial charge in [-0.05, 0) is 102 Å². The molecule has 2 fully saturated rings. The Bertz CT molecular complexity index is 1320. The first kappa shape index (κ1) is 37.4. The van der Waals surface area contributed by atoms with E-state index in [2.05, 4.69) is 57.2 Å². The molecule has 2 aliphatic heterocycles. The summed E-state index contributed by atoms with van der Waals surface area (Å²) in [5.41, 5.74) is 14.5. The third kappa shape index (κ3) is 9.97. The quantitative estimate of drug-likeness (QED) is 0.102. The molecule has 11 nitrogen and oxygen atoms in total. The highest BCUT2D eigenvalue weighted by Gasteiger charge is 2.40. The van der Waals surface area contributed by atoms with Gasteiger partial charge in [-0.2, -0.15) is 4.73 Å². The molecule has 5 N–H and O–H groups in total. The molecule has 254 valence electrons. The van der Waals surface area contributed by atoms with Gasteiger partial charge in [-0.3, -0.25) is 14.5 Å². The largest absolute Gasteiger partial charge is 0.618 e. The van der Waals surface area contributed by atoms with Crippen LogP contribution >= 0.6 is 15.9 Å². The predicted octanol–water partition coefficient (Wildman–Crippen LogP) is 4.37. The summed E-state index contributed by atoms with van der Waals surface area (Å²) in [6, 6.07) is 9.32. The van der Waals surface area contributed by atoms with Crippen molar-refractivity contribution in [3.8, 4) is 0 Å². The molecule has 2 saturated heterocycles. The lowest BCUT2D eigenvalue weighted by atomic mass is 9.82. The molecular formula is C34H51BrN6O5. The number of benzene rings is 1. The maximum absolute atomic E-state index is 13.3. The second-order valence-corrected chi connectivity index (χ2v) is 13.4. The van der Waals surface area contributed by atoms with Crippen LogP contribution in [0, 0.1) is 25.0 Å². The number of aryl methyl sites for hydroxylation is 1. The molecule has 12 heteroatoms. The van der Waals surface area contributed by atoms with Gasteiger partial charge in [0.2, 0.25) is 5.69 Å². The fourth-order valence-electron chi connectivity index (χ4n) is 6.20. The molecule has 2 aliphatic rings. The minimum absolute atomic E-state index is 0.0257. The smallest absolute Gasteiger partial charge is 0.320 e. The molecule has 0 bridgehead atoms. The number of aromatic nitrogens is 1. The van der Waals surface area contributed by atoms with E-state index in [0.717, 1.165) is 77.7 Å². The number of hydrogen-bond donors (Lipinski definition) is 3. The van der Waals surface area contributed by atoms with E-state index in [1.165, 1.54) is 6.20 Å². The zero-order valence-corrected chi connectivity index (χ0v) is 29.3. The van der Waals surface area contributed by atoms with Crippen LogP contribution in [0.1, 0.15) is 86.0 Å². The van der Waals surface area contributed by atoms with Crippen LogP contribution in [0.25, 0.3) is 0 Å². The normalized spacial score (nSPS) is 18.0. The van der Waals surface area contributed by atoms with E-state index in [-0.39, 0.29) is 11.4 Å². The topological polar surface area (TPSA) is 161 Å². The van der Waals surface area contributed by atoms with Crippen LogP contribution in [0.4, 0.5) is 0 Å². The lowest BCUT2D eigenvalue weighted by molar-refractivity contribution is -0.612. The van der Waals surface area contributed by atoms with E-state index in [4.69, 9.17) is 21.4 Å². The van der Waals surface area contributed by atoms with Crippen LogP contribution in [0.5, 0.6) is 0 Å². The van der Waals surface area contributed by atoms with Gasteiger partial charge < -0.3 is 31.5 Å². The summed E-state index contributed by atoms with van der Waals surface area (Å²) in [5, 5.41) is 24.9. The van der Waals surface area contributed by atoms with Crippen LogP contribution < -0.4 is 16.2 Å². The number of likely N-dealkylation sites (tertiary alicyclic amines) is 2. The number of hydrogen-bond acceptors (Lipinski definition) is 8. The van der Waals surface area contributed by atoms with Crippen LogP contribution in [-0.2, 0) is 9.63 Å². The van der Waals surface area contributed by atoms with Gasteiger partial charge in [0.15, 0.2) is 6.20 Å². The van der Waals surface area contributed by atoms with Gasteiger partial charge in [-0.15, -0.1) is 0 Å². The van der Waals surface area contributed by atoms with Crippen molar-refractivity contribution in [1.82, 2.24) is 9.80 Å². The number of carbonyl (C=O) groups is 2. The van der Waals surface area contributed by atoms with Crippen LogP contribution in [0.2, 0.25) is 0 Å². The maximum Gasteiger partial charge on any atom is 0.320 e. The number of pyridine rings is 1. The van der Waals surface area contributed by atoms with E-state index in [9.17, 15) is 14.8 Å². The van der Waals surface area contributed by atoms with Crippen LogP contribution in [0.15, 0.2) is 46.2 Å². The van der Waals surface area contributed by atoms with Gasteiger partial charge in [-0.1, -0.05) is 39.6 Å². The number of amides is 1. The Morgan fingerprint density at radius 1 is 1.13 bits per heavy atom. The summed E-state index contributed by atoms with van der Waals surface area (Å²) in [4.78, 5) is 33.4. The Labute approximate surface area is 281 Å². The minimum atomic E-state index is -0.933. The minimum Gasteiger partial charge on any atom is -0.618 e. The molecule has 0 saturated carbocycles. The van der Waals surface area contributed by atoms with Crippen molar-refractivity contribution in [1.29, 1.82) is 0 Å². The van der Waals surface area contributed by atoms with Crippen molar-refractivity contribution < 1.29 is 24.3 Å². The molecule has 0 unspecified atom stereocenters.